The van der Waals surface area contributed by atoms with Crippen molar-refractivity contribution < 1.29 is 14.4 Å². The van der Waals surface area contributed by atoms with Crippen LogP contribution in [0.15, 0.2) is 0 Å². The van der Waals surface area contributed by atoms with Gasteiger partial charge in [0, 0.05) is 25.0 Å². The average molecular weight is 180 g/mol. The van der Waals surface area contributed by atoms with Crippen LogP contribution in [-0.4, -0.2) is 29.5 Å². The van der Waals surface area contributed by atoms with E-state index >= 15 is 0 Å². The van der Waals surface area contributed by atoms with Crippen LogP contribution < -0.4 is 0 Å². The molecule has 0 aliphatic rings. The van der Waals surface area contributed by atoms with E-state index in [0.29, 0.717) is 0 Å². The third kappa shape index (κ3) is 3.42. The summed E-state index contributed by atoms with van der Waals surface area (Å²) in [5.41, 5.74) is 0. The van der Waals surface area contributed by atoms with Crippen LogP contribution in [0.25, 0.3) is 0 Å². The highest BCUT2D eigenvalue weighted by atomic mass is 32.1. The van der Waals surface area contributed by atoms with E-state index in [9.17, 15) is 0 Å². The first-order valence-corrected chi connectivity index (χ1v) is 4.05. The Kier molecular flexibility index (Phi) is 5.95. The first-order valence-electron chi connectivity index (χ1n) is 3.69. The van der Waals surface area contributed by atoms with Gasteiger partial charge in [0.1, 0.15) is 0 Å². The van der Waals surface area contributed by atoms with E-state index in [1.54, 1.807) is 0 Å². The van der Waals surface area contributed by atoms with E-state index in [2.05, 4.69) is 12.9 Å². The van der Waals surface area contributed by atoms with Crippen LogP contribution in [0.2, 0.25) is 0 Å². The molecule has 0 rings (SSSR count). The lowest BCUT2D eigenvalue weighted by Gasteiger charge is -2.24. The molecule has 0 aromatic carbocycles. The highest BCUT2D eigenvalue weighted by Gasteiger charge is 2.22. The standard InChI is InChI=1S/C7H16O3S/c1-5(3-8)7(10-11)6(2)4-9/h5-9,11H,3-4H2,1-2H3/t5-,6+,7?. The maximum atomic E-state index is 8.79. The van der Waals surface area contributed by atoms with Crippen molar-refractivity contribution in [3.05, 3.63) is 0 Å². The molecule has 2 N–H and O–H groups in total. The second-order valence-corrected chi connectivity index (χ2v) is 3.10. The monoisotopic (exact) mass is 180 g/mol. The van der Waals surface area contributed by atoms with Gasteiger partial charge in [-0.3, -0.25) is 0 Å². The largest absolute Gasteiger partial charge is 0.396 e. The zero-order valence-corrected chi connectivity index (χ0v) is 7.79. The number of rotatable bonds is 5. The van der Waals surface area contributed by atoms with Crippen LogP contribution >= 0.6 is 12.9 Å². The van der Waals surface area contributed by atoms with Crippen molar-refractivity contribution in [3.8, 4) is 0 Å². The third-order valence-electron chi connectivity index (χ3n) is 1.82. The van der Waals surface area contributed by atoms with Crippen molar-refractivity contribution in [2.24, 2.45) is 11.8 Å². The molecule has 0 bridgehead atoms. The van der Waals surface area contributed by atoms with E-state index in [1.165, 1.54) is 0 Å². The van der Waals surface area contributed by atoms with Gasteiger partial charge in [-0.05, 0) is 12.9 Å². The summed E-state index contributed by atoms with van der Waals surface area (Å²) in [6.45, 7) is 3.81. The van der Waals surface area contributed by atoms with Gasteiger partial charge in [-0.15, -0.1) is 0 Å². The van der Waals surface area contributed by atoms with Crippen LogP contribution in [-0.2, 0) is 4.18 Å². The van der Waals surface area contributed by atoms with Gasteiger partial charge in [0.2, 0.25) is 0 Å². The molecular formula is C7H16O3S. The molecule has 3 atom stereocenters. The van der Waals surface area contributed by atoms with Crippen LogP contribution in [0.3, 0.4) is 0 Å². The minimum absolute atomic E-state index is 0.00894. The van der Waals surface area contributed by atoms with Crippen LogP contribution in [0.1, 0.15) is 13.8 Å². The number of aliphatic hydroxyl groups is 2. The van der Waals surface area contributed by atoms with Gasteiger partial charge < -0.3 is 14.4 Å². The number of hydrogen-bond donors (Lipinski definition) is 3. The molecule has 1 unspecified atom stereocenters. The van der Waals surface area contributed by atoms with Gasteiger partial charge >= 0.3 is 0 Å². The highest BCUT2D eigenvalue weighted by molar-refractivity contribution is 7.75. The fourth-order valence-electron chi connectivity index (χ4n) is 0.976. The van der Waals surface area contributed by atoms with Crippen molar-refractivity contribution in [1.29, 1.82) is 0 Å². The molecule has 0 radical (unpaired) electrons. The minimum Gasteiger partial charge on any atom is -0.396 e. The first-order chi connectivity index (χ1) is 5.17. The lowest BCUT2D eigenvalue weighted by molar-refractivity contribution is 0.0500. The Balaban J connectivity index is 3.92. The SMILES string of the molecule is C[C@H](CO)C(OS)[C@@H](C)CO. The quantitative estimate of drug-likeness (QED) is 0.426. The fraction of sp³-hybridized carbons (Fsp3) is 1.00. The Morgan fingerprint density at radius 2 is 1.55 bits per heavy atom. The molecule has 3 nitrogen and oxygen atoms in total. The molecule has 0 spiro atoms. The molecular weight excluding hydrogens is 164 g/mol. The smallest absolute Gasteiger partial charge is 0.0813 e. The molecule has 0 amide bonds. The molecule has 0 aliphatic carbocycles. The molecule has 11 heavy (non-hydrogen) atoms. The summed E-state index contributed by atoms with van der Waals surface area (Å²) in [4.78, 5) is 0. The van der Waals surface area contributed by atoms with Crippen molar-refractivity contribution in [2.75, 3.05) is 13.2 Å². The van der Waals surface area contributed by atoms with E-state index in [1.807, 2.05) is 13.8 Å². The maximum Gasteiger partial charge on any atom is 0.0813 e. The van der Waals surface area contributed by atoms with Gasteiger partial charge in [-0.1, -0.05) is 13.8 Å². The summed E-state index contributed by atoms with van der Waals surface area (Å²) in [5.74, 6) is 0.0179. The lowest BCUT2D eigenvalue weighted by Crippen LogP contribution is -2.30. The van der Waals surface area contributed by atoms with Crippen molar-refractivity contribution >= 4 is 12.9 Å². The molecule has 68 valence electrons. The molecule has 0 aromatic rings. The van der Waals surface area contributed by atoms with Crippen LogP contribution in [0, 0.1) is 11.8 Å². The van der Waals surface area contributed by atoms with Gasteiger partial charge in [0.05, 0.1) is 6.10 Å². The Bertz CT molecular complexity index is 89.7. The normalized spacial score (nSPS) is 19.4. The van der Waals surface area contributed by atoms with Gasteiger partial charge in [-0.2, -0.15) is 0 Å². The lowest BCUT2D eigenvalue weighted by atomic mass is 9.95. The number of hydrogen-bond acceptors (Lipinski definition) is 4. The van der Waals surface area contributed by atoms with Gasteiger partial charge in [0.25, 0.3) is 0 Å². The van der Waals surface area contributed by atoms with Crippen LogP contribution in [0.5, 0.6) is 0 Å². The van der Waals surface area contributed by atoms with Crippen molar-refractivity contribution in [3.63, 3.8) is 0 Å². The second kappa shape index (κ2) is 5.83. The summed E-state index contributed by atoms with van der Waals surface area (Å²) in [7, 11) is 0. The Hall–Kier alpha value is 0.230. The predicted octanol–water partition coefficient (Wildman–Crippen LogP) is 0.473. The van der Waals surface area contributed by atoms with E-state index in [0.717, 1.165) is 0 Å². The van der Waals surface area contributed by atoms with Crippen molar-refractivity contribution in [1.82, 2.24) is 0 Å². The van der Waals surface area contributed by atoms with Crippen molar-refractivity contribution in [2.45, 2.75) is 20.0 Å². The molecule has 0 fully saturated rings. The first kappa shape index (κ1) is 11.2. The summed E-state index contributed by atoms with van der Waals surface area (Å²) < 4.78 is 4.83. The molecule has 0 aromatic heterocycles. The van der Waals surface area contributed by atoms with E-state index in [4.69, 9.17) is 14.4 Å². The summed E-state index contributed by atoms with van der Waals surface area (Å²) in [5, 5.41) is 17.6. The van der Waals surface area contributed by atoms with E-state index in [-0.39, 0.29) is 31.2 Å². The molecule has 0 saturated heterocycles. The summed E-state index contributed by atoms with van der Waals surface area (Å²) in [6, 6.07) is 0. The summed E-state index contributed by atoms with van der Waals surface area (Å²) in [6.07, 6.45) is -0.187. The molecule has 0 saturated carbocycles. The number of thiol groups is 1. The number of aliphatic hydroxyl groups excluding tert-OH is 2. The average Bonchev–Trinajstić information content (AvgIpc) is 2.05. The predicted molar refractivity (Wildman–Crippen MR) is 46.4 cm³/mol. The Morgan fingerprint density at radius 3 is 1.73 bits per heavy atom. The van der Waals surface area contributed by atoms with Gasteiger partial charge in [0.15, 0.2) is 0 Å². The third-order valence-corrected chi connectivity index (χ3v) is 2.06. The minimum atomic E-state index is -0.187. The Morgan fingerprint density at radius 1 is 1.18 bits per heavy atom. The fourth-order valence-corrected chi connectivity index (χ4v) is 1.39. The Labute approximate surface area is 73.0 Å². The zero-order chi connectivity index (χ0) is 8.85. The topological polar surface area (TPSA) is 49.7 Å². The van der Waals surface area contributed by atoms with Gasteiger partial charge in [-0.25, -0.2) is 0 Å². The summed E-state index contributed by atoms with van der Waals surface area (Å²) >= 11 is 3.68. The molecule has 0 heterocycles. The second-order valence-electron chi connectivity index (χ2n) is 2.89. The van der Waals surface area contributed by atoms with E-state index < -0.39 is 0 Å². The maximum absolute atomic E-state index is 8.79. The molecule has 4 heteroatoms. The zero-order valence-electron chi connectivity index (χ0n) is 6.90. The van der Waals surface area contributed by atoms with Crippen LogP contribution in [0.4, 0.5) is 0 Å². The molecule has 0 aliphatic heterocycles. The highest BCUT2D eigenvalue weighted by Crippen LogP contribution is 2.17.